The van der Waals surface area contributed by atoms with E-state index in [4.69, 9.17) is 4.42 Å². The second-order valence-corrected chi connectivity index (χ2v) is 9.37. The van der Waals surface area contributed by atoms with Crippen molar-refractivity contribution in [1.82, 2.24) is 10.3 Å². The summed E-state index contributed by atoms with van der Waals surface area (Å²) in [5, 5.41) is 12.4. The predicted molar refractivity (Wildman–Crippen MR) is 145 cm³/mol. The monoisotopic (exact) mass is 514 g/mol. The Kier molecular flexibility index (Phi) is 14.6. The Morgan fingerprint density at radius 2 is 1.92 bits per heavy atom. The van der Waals surface area contributed by atoms with Gasteiger partial charge in [0, 0.05) is 36.0 Å². The van der Waals surface area contributed by atoms with E-state index in [1.807, 2.05) is 13.1 Å². The minimum Gasteiger partial charge on any atom is -0.507 e. The molecule has 2 aromatic rings. The molecular formula is C29H42N2O6. The predicted octanol–water partition coefficient (Wildman–Crippen LogP) is 6.45. The van der Waals surface area contributed by atoms with Crippen LogP contribution in [0.1, 0.15) is 99.5 Å². The first kappa shape index (κ1) is 31.6. The van der Waals surface area contributed by atoms with E-state index >= 15 is 0 Å². The first-order chi connectivity index (χ1) is 17.6. The number of unbranched alkanes of at least 4 members (excludes halogenated alkanes) is 3. The third-order valence-electron chi connectivity index (χ3n) is 5.74. The van der Waals surface area contributed by atoms with Crippen LogP contribution in [0.3, 0.4) is 0 Å². The quantitative estimate of drug-likeness (QED) is 0.247. The summed E-state index contributed by atoms with van der Waals surface area (Å²) in [6.45, 7) is 9.44. The minimum atomic E-state index is -0.821. The highest BCUT2D eigenvalue weighted by Gasteiger charge is 2.22. The number of amides is 1. The molecule has 2 N–H and O–H groups in total. The van der Waals surface area contributed by atoms with Gasteiger partial charge in [-0.15, -0.1) is 0 Å². The van der Waals surface area contributed by atoms with Crippen molar-refractivity contribution in [2.45, 2.75) is 85.5 Å². The van der Waals surface area contributed by atoms with Gasteiger partial charge in [-0.05, 0) is 44.2 Å². The zero-order valence-electron chi connectivity index (χ0n) is 23.0. The molecule has 204 valence electrons. The molecule has 8 heteroatoms. The maximum Gasteiger partial charge on any atom is 0.410 e. The van der Waals surface area contributed by atoms with Crippen LogP contribution >= 0.6 is 0 Å². The van der Waals surface area contributed by atoms with Crippen molar-refractivity contribution < 1.29 is 23.8 Å². The number of rotatable bonds is 12. The maximum absolute atomic E-state index is 12.0. The molecule has 0 bridgehead atoms. The molecule has 8 nitrogen and oxygen atoms in total. The fourth-order valence-electron chi connectivity index (χ4n) is 3.39. The number of pyridine rings is 1. The molecular weight excluding hydrogens is 472 g/mol. The number of hydrogen-bond acceptors (Lipinski definition) is 7. The summed E-state index contributed by atoms with van der Waals surface area (Å²) in [6.07, 6.45) is 12.3. The van der Waals surface area contributed by atoms with Crippen molar-refractivity contribution in [3.05, 3.63) is 69.7 Å². The second kappa shape index (κ2) is 17.1. The van der Waals surface area contributed by atoms with Crippen molar-refractivity contribution in [2.75, 3.05) is 7.11 Å². The van der Waals surface area contributed by atoms with Gasteiger partial charge in [0.05, 0.1) is 7.11 Å². The number of aromatic hydroxyl groups is 1. The van der Waals surface area contributed by atoms with E-state index in [2.05, 4.69) is 41.0 Å². The number of methoxy groups -OCH3 is 1. The molecule has 0 fully saturated rings. The molecule has 0 saturated carbocycles. The van der Waals surface area contributed by atoms with Crippen molar-refractivity contribution in [3.63, 3.8) is 0 Å². The van der Waals surface area contributed by atoms with Crippen LogP contribution in [0, 0.1) is 12.8 Å². The zero-order chi connectivity index (χ0) is 27.8. The normalized spacial score (nSPS) is 11.6. The standard InChI is InChI=1S/C17H23NO6.C12H19N/c1-10(2)15(20)14-12(19)9-13(24-16(14)21)11(3)7-5-6-8-18-17(22)23-4;1-3-4-5-6-7-12-9-8-11(2)10-13-12/h6,8-11,19H,5,7H2,1-4H3,(H,18,22);8-10H,3-7H2,1-2H3/b8-6+;. The van der Waals surface area contributed by atoms with Crippen LogP contribution in [-0.2, 0) is 11.2 Å². The molecule has 1 atom stereocenters. The number of carbonyl (C=O) groups is 2. The lowest BCUT2D eigenvalue weighted by molar-refractivity contribution is 0.0931. The fraction of sp³-hybridized carbons (Fsp3) is 0.517. The van der Waals surface area contributed by atoms with Gasteiger partial charge >= 0.3 is 11.7 Å². The SMILES string of the molecule is CCCCCCc1ccc(C)cn1.COC(=O)N/C=C/CCC(C)c1cc(O)c(C(=O)C(C)C)c(=O)o1. The largest absolute Gasteiger partial charge is 0.507 e. The highest BCUT2D eigenvalue weighted by molar-refractivity contribution is 5.99. The van der Waals surface area contributed by atoms with E-state index in [0.717, 1.165) is 6.42 Å². The summed E-state index contributed by atoms with van der Waals surface area (Å²) < 4.78 is 9.60. The first-order valence-corrected chi connectivity index (χ1v) is 12.9. The average molecular weight is 515 g/mol. The molecule has 0 aromatic carbocycles. The lowest BCUT2D eigenvalue weighted by Crippen LogP contribution is -2.19. The number of carbonyl (C=O) groups excluding carboxylic acids is 2. The molecule has 1 amide bonds. The number of allylic oxidation sites excluding steroid dienone is 1. The lowest BCUT2D eigenvalue weighted by Gasteiger charge is -2.11. The van der Waals surface area contributed by atoms with Crippen LogP contribution in [0.4, 0.5) is 4.79 Å². The van der Waals surface area contributed by atoms with Crippen LogP contribution in [0.5, 0.6) is 5.75 Å². The zero-order valence-corrected chi connectivity index (χ0v) is 23.0. The van der Waals surface area contributed by atoms with Gasteiger partial charge in [0.2, 0.25) is 0 Å². The van der Waals surface area contributed by atoms with Crippen molar-refractivity contribution in [3.8, 4) is 5.75 Å². The molecule has 1 unspecified atom stereocenters. The summed E-state index contributed by atoms with van der Waals surface area (Å²) in [7, 11) is 1.27. The summed E-state index contributed by atoms with van der Waals surface area (Å²) in [6, 6.07) is 5.60. The average Bonchev–Trinajstić information content (AvgIpc) is 2.87. The molecule has 2 rings (SSSR count). The van der Waals surface area contributed by atoms with E-state index < -0.39 is 23.4 Å². The van der Waals surface area contributed by atoms with Gasteiger partial charge in [-0.1, -0.05) is 59.1 Å². The molecule has 0 radical (unpaired) electrons. The van der Waals surface area contributed by atoms with Gasteiger partial charge in [0.1, 0.15) is 17.1 Å². The topological polar surface area (TPSA) is 119 Å². The van der Waals surface area contributed by atoms with Gasteiger partial charge in [-0.3, -0.25) is 15.1 Å². The Bertz CT molecular complexity index is 1060. The number of hydrogen-bond donors (Lipinski definition) is 2. The van der Waals surface area contributed by atoms with Crippen molar-refractivity contribution in [1.29, 1.82) is 0 Å². The number of nitrogens with zero attached hydrogens (tertiary/aromatic N) is 1. The number of Topliss-reactive ketones (excluding diaryl/α,β-unsaturated/α-hetero) is 1. The highest BCUT2D eigenvalue weighted by Crippen LogP contribution is 2.25. The van der Waals surface area contributed by atoms with Crippen molar-refractivity contribution >= 4 is 11.9 Å². The van der Waals surface area contributed by atoms with E-state index in [1.54, 1.807) is 19.9 Å². The van der Waals surface area contributed by atoms with Crippen molar-refractivity contribution in [2.24, 2.45) is 5.92 Å². The summed E-state index contributed by atoms with van der Waals surface area (Å²) >= 11 is 0. The van der Waals surface area contributed by atoms with Crippen LogP contribution in [0.2, 0.25) is 0 Å². The molecule has 0 spiro atoms. The first-order valence-electron chi connectivity index (χ1n) is 12.9. The molecule has 0 aliphatic rings. The number of ether oxygens (including phenoxy) is 1. The van der Waals surface area contributed by atoms with Crippen LogP contribution in [0.15, 0.2) is 45.9 Å². The Hall–Kier alpha value is -3.42. The summed E-state index contributed by atoms with van der Waals surface area (Å²) in [4.78, 5) is 39.1. The van der Waals surface area contributed by atoms with Gasteiger partial charge < -0.3 is 14.3 Å². The van der Waals surface area contributed by atoms with Crippen LogP contribution in [-0.4, -0.2) is 29.1 Å². The van der Waals surface area contributed by atoms with E-state index in [0.29, 0.717) is 18.6 Å². The number of ketones is 1. The fourth-order valence-corrected chi connectivity index (χ4v) is 3.39. The Labute approximate surface area is 220 Å². The third-order valence-corrected chi connectivity index (χ3v) is 5.74. The van der Waals surface area contributed by atoms with Gasteiger partial charge in [-0.2, -0.15) is 0 Å². The molecule has 0 aliphatic carbocycles. The molecule has 37 heavy (non-hydrogen) atoms. The molecule has 2 heterocycles. The van der Waals surface area contributed by atoms with E-state index in [1.165, 1.54) is 56.3 Å². The minimum absolute atomic E-state index is 0.144. The Morgan fingerprint density at radius 1 is 1.19 bits per heavy atom. The number of aromatic nitrogens is 1. The van der Waals surface area contributed by atoms with Crippen LogP contribution < -0.4 is 10.9 Å². The maximum atomic E-state index is 12.0. The molecule has 0 saturated heterocycles. The highest BCUT2D eigenvalue weighted by atomic mass is 16.5. The van der Waals surface area contributed by atoms with Gasteiger partial charge in [0.15, 0.2) is 5.78 Å². The third kappa shape index (κ3) is 11.9. The Balaban J connectivity index is 0.000000442. The number of alkyl carbamates (subject to hydrolysis) is 1. The number of nitrogens with one attached hydrogen (secondary N) is 1. The van der Waals surface area contributed by atoms with E-state index in [9.17, 15) is 19.5 Å². The lowest BCUT2D eigenvalue weighted by atomic mass is 9.99. The number of aryl methyl sites for hydroxylation is 2. The molecule has 0 aliphatic heterocycles. The smallest absolute Gasteiger partial charge is 0.410 e. The second-order valence-electron chi connectivity index (χ2n) is 9.37. The van der Waals surface area contributed by atoms with Crippen LogP contribution in [0.25, 0.3) is 0 Å². The Morgan fingerprint density at radius 3 is 2.49 bits per heavy atom. The summed E-state index contributed by atoms with van der Waals surface area (Å²) in [5.41, 5.74) is 1.36. The van der Waals surface area contributed by atoms with E-state index in [-0.39, 0.29) is 17.2 Å². The van der Waals surface area contributed by atoms with Gasteiger partial charge in [-0.25, -0.2) is 9.59 Å². The molecule has 2 aromatic heterocycles. The van der Waals surface area contributed by atoms with Gasteiger partial charge in [0.25, 0.3) is 0 Å². The summed E-state index contributed by atoms with van der Waals surface area (Å²) in [5.74, 6) is -1.04.